The summed E-state index contributed by atoms with van der Waals surface area (Å²) in [7, 11) is 0. The quantitative estimate of drug-likeness (QED) is 0.563. The number of hydrogen-bond acceptors (Lipinski definition) is 5. The Morgan fingerprint density at radius 1 is 1.17 bits per heavy atom. The van der Waals surface area contributed by atoms with Crippen LogP contribution in [0.4, 0.5) is 17.6 Å². The highest BCUT2D eigenvalue weighted by molar-refractivity contribution is 5.86. The fourth-order valence-corrected chi connectivity index (χ4v) is 6.27. The largest absolute Gasteiger partial charge is 0.470 e. The van der Waals surface area contributed by atoms with Gasteiger partial charge in [-0.1, -0.05) is 0 Å². The lowest BCUT2D eigenvalue weighted by atomic mass is 9.85. The highest BCUT2D eigenvalue weighted by Gasteiger charge is 2.56. The van der Waals surface area contributed by atoms with Crippen molar-refractivity contribution in [2.24, 2.45) is 5.92 Å². The molecule has 4 aliphatic rings. The molecule has 1 aromatic rings. The molecule has 0 bridgehead atoms. The van der Waals surface area contributed by atoms with Crippen LogP contribution in [-0.4, -0.2) is 77.3 Å². The van der Waals surface area contributed by atoms with Gasteiger partial charge in [0, 0.05) is 43.3 Å². The van der Waals surface area contributed by atoms with Gasteiger partial charge < -0.3 is 14.4 Å². The van der Waals surface area contributed by atoms with Crippen molar-refractivity contribution in [3.05, 3.63) is 29.1 Å². The molecule has 1 aliphatic carbocycles. The van der Waals surface area contributed by atoms with Gasteiger partial charge in [0.15, 0.2) is 18.3 Å². The highest BCUT2D eigenvalue weighted by Crippen LogP contribution is 2.49. The number of carbonyl (C=O) groups excluding carboxylic acids is 1. The Labute approximate surface area is 209 Å². The zero-order valence-electron chi connectivity index (χ0n) is 21.1. The minimum Gasteiger partial charge on any atom is -0.470 e. The molecule has 3 atom stereocenters. The molecule has 0 aromatic heterocycles. The summed E-state index contributed by atoms with van der Waals surface area (Å²) in [6.07, 6.45) is -1.51. The van der Waals surface area contributed by atoms with Crippen LogP contribution < -0.4 is 4.74 Å². The molecule has 200 valence electrons. The van der Waals surface area contributed by atoms with Crippen LogP contribution >= 0.6 is 0 Å². The van der Waals surface area contributed by atoms with Crippen molar-refractivity contribution >= 4 is 5.91 Å². The van der Waals surface area contributed by atoms with E-state index < -0.39 is 23.2 Å². The average Bonchev–Trinajstić information content (AvgIpc) is 3.68. The lowest BCUT2D eigenvalue weighted by Crippen LogP contribution is -2.61. The monoisotopic (exact) mass is 513 g/mol. The van der Waals surface area contributed by atoms with Gasteiger partial charge in [0.2, 0.25) is 0 Å². The standard InChI is InChI=1S/C26H35F4N3O3/c1-16(2)33-9-8-31(12-17(33)3)21-6-7-25(36-14-21,19-4-5-19)24(34)32-13-18-10-20(26(28,29)30)11-22(27)23(18)35-15-32/h10-11,16-17,19,21H,4-9,12-15H2,1-3H3/t17-,21+,25-/m0/s1. The maximum Gasteiger partial charge on any atom is 0.416 e. The van der Waals surface area contributed by atoms with E-state index in [1.54, 1.807) is 0 Å². The molecule has 0 unspecified atom stereocenters. The van der Waals surface area contributed by atoms with Gasteiger partial charge >= 0.3 is 6.18 Å². The molecular formula is C26H35F4N3O3. The maximum atomic E-state index is 14.3. The number of fused-ring (bicyclic) bond motifs is 1. The van der Waals surface area contributed by atoms with Crippen molar-refractivity contribution in [3.63, 3.8) is 0 Å². The van der Waals surface area contributed by atoms with Crippen LogP contribution in [0.2, 0.25) is 0 Å². The molecule has 3 fully saturated rings. The normalized spacial score (nSPS) is 30.3. The van der Waals surface area contributed by atoms with Crippen molar-refractivity contribution < 1.29 is 31.8 Å². The van der Waals surface area contributed by atoms with E-state index in [0.29, 0.717) is 31.2 Å². The number of nitrogens with zero attached hydrogens (tertiary/aromatic N) is 3. The third kappa shape index (κ3) is 4.72. The minimum absolute atomic E-state index is 0.0265. The number of halogens is 4. The molecule has 5 rings (SSSR count). The van der Waals surface area contributed by atoms with Crippen molar-refractivity contribution in [1.82, 2.24) is 14.7 Å². The van der Waals surface area contributed by atoms with Gasteiger partial charge in [-0.15, -0.1) is 0 Å². The first kappa shape index (κ1) is 25.7. The number of benzene rings is 1. The van der Waals surface area contributed by atoms with Gasteiger partial charge in [-0.05, 0) is 64.5 Å². The molecule has 10 heteroatoms. The van der Waals surface area contributed by atoms with Crippen molar-refractivity contribution in [2.45, 2.75) is 82.9 Å². The summed E-state index contributed by atoms with van der Waals surface area (Å²) in [5.41, 5.74) is -2.04. The molecule has 3 aliphatic heterocycles. The fourth-order valence-electron chi connectivity index (χ4n) is 6.27. The molecule has 6 nitrogen and oxygen atoms in total. The molecular weight excluding hydrogens is 478 g/mol. The Bertz CT molecular complexity index is 989. The Morgan fingerprint density at radius 2 is 1.92 bits per heavy atom. The average molecular weight is 514 g/mol. The van der Waals surface area contributed by atoms with Crippen molar-refractivity contribution in [1.29, 1.82) is 0 Å². The van der Waals surface area contributed by atoms with Gasteiger partial charge in [0.1, 0.15) is 5.60 Å². The summed E-state index contributed by atoms with van der Waals surface area (Å²) in [5.74, 6) is -1.44. The van der Waals surface area contributed by atoms with Gasteiger partial charge in [-0.2, -0.15) is 13.2 Å². The molecule has 0 radical (unpaired) electrons. The van der Waals surface area contributed by atoms with Crippen LogP contribution in [0.5, 0.6) is 5.75 Å². The molecule has 36 heavy (non-hydrogen) atoms. The zero-order chi connectivity index (χ0) is 25.8. The van der Waals surface area contributed by atoms with Gasteiger partial charge in [-0.25, -0.2) is 4.39 Å². The zero-order valence-corrected chi connectivity index (χ0v) is 21.1. The molecule has 1 amide bonds. The lowest BCUT2D eigenvalue weighted by Gasteiger charge is -2.49. The van der Waals surface area contributed by atoms with Gasteiger partial charge in [0.25, 0.3) is 5.91 Å². The highest BCUT2D eigenvalue weighted by atomic mass is 19.4. The van der Waals surface area contributed by atoms with Crippen LogP contribution in [-0.2, 0) is 22.3 Å². The Kier molecular flexibility index (Phi) is 6.74. The van der Waals surface area contributed by atoms with Gasteiger partial charge in [0.05, 0.1) is 18.7 Å². The third-order valence-electron chi connectivity index (χ3n) is 8.33. The predicted octanol–water partition coefficient (Wildman–Crippen LogP) is 4.27. The number of rotatable bonds is 4. The fraction of sp³-hybridized carbons (Fsp3) is 0.731. The van der Waals surface area contributed by atoms with E-state index in [0.717, 1.165) is 45.0 Å². The molecule has 0 N–H and O–H groups in total. The summed E-state index contributed by atoms with van der Waals surface area (Å²) < 4.78 is 65.8. The smallest absolute Gasteiger partial charge is 0.416 e. The lowest BCUT2D eigenvalue weighted by molar-refractivity contribution is -0.181. The summed E-state index contributed by atoms with van der Waals surface area (Å²) in [5, 5.41) is 0. The van der Waals surface area contributed by atoms with Crippen molar-refractivity contribution in [2.75, 3.05) is 33.0 Å². The Balaban J connectivity index is 1.28. The minimum atomic E-state index is -4.68. The van der Waals surface area contributed by atoms with Crippen LogP contribution in [0.1, 0.15) is 57.6 Å². The van der Waals surface area contributed by atoms with Crippen molar-refractivity contribution in [3.8, 4) is 5.75 Å². The topological polar surface area (TPSA) is 45.2 Å². The summed E-state index contributed by atoms with van der Waals surface area (Å²) >= 11 is 0. The number of piperazine rings is 1. The maximum absolute atomic E-state index is 14.3. The second kappa shape index (κ2) is 9.44. The number of ether oxygens (including phenoxy) is 2. The molecule has 0 spiro atoms. The van der Waals surface area contributed by atoms with E-state index in [1.807, 2.05) is 0 Å². The molecule has 1 aromatic carbocycles. The first-order valence-electron chi connectivity index (χ1n) is 12.9. The Hall–Kier alpha value is -1.91. The molecule has 3 heterocycles. The number of carbonyl (C=O) groups is 1. The summed E-state index contributed by atoms with van der Waals surface area (Å²) in [4.78, 5) is 20.1. The van der Waals surface area contributed by atoms with Crippen LogP contribution in [0, 0.1) is 11.7 Å². The van der Waals surface area contributed by atoms with Crippen LogP contribution in [0.25, 0.3) is 0 Å². The Morgan fingerprint density at radius 3 is 2.50 bits per heavy atom. The SMILES string of the molecule is CC(C)N1CCN([C@@H]2CC[C@@](C(=O)N3COc4c(F)cc(C(F)(F)F)cc4C3)(C3CC3)OC2)C[C@@H]1C. The number of alkyl halides is 3. The van der Waals surface area contributed by atoms with E-state index in [9.17, 15) is 22.4 Å². The van der Waals surface area contributed by atoms with Crippen LogP contribution in [0.3, 0.4) is 0 Å². The number of hydrogen-bond donors (Lipinski definition) is 0. The van der Waals surface area contributed by atoms with Crippen LogP contribution in [0.15, 0.2) is 12.1 Å². The molecule has 1 saturated carbocycles. The number of amides is 1. The van der Waals surface area contributed by atoms with E-state index >= 15 is 0 Å². The molecule has 2 saturated heterocycles. The van der Waals surface area contributed by atoms with E-state index in [2.05, 4.69) is 30.6 Å². The second-order valence-electron chi connectivity index (χ2n) is 11.1. The van der Waals surface area contributed by atoms with E-state index in [4.69, 9.17) is 9.47 Å². The van der Waals surface area contributed by atoms with Gasteiger partial charge in [-0.3, -0.25) is 14.6 Å². The first-order valence-corrected chi connectivity index (χ1v) is 12.9. The van der Waals surface area contributed by atoms with E-state index in [-0.39, 0.29) is 42.5 Å². The second-order valence-corrected chi connectivity index (χ2v) is 11.1. The summed E-state index contributed by atoms with van der Waals surface area (Å²) in [6, 6.07) is 2.50. The third-order valence-corrected chi connectivity index (χ3v) is 8.33. The first-order chi connectivity index (χ1) is 17.0. The predicted molar refractivity (Wildman–Crippen MR) is 125 cm³/mol. The summed E-state index contributed by atoms with van der Waals surface area (Å²) in [6.45, 7) is 9.71. The van der Waals surface area contributed by atoms with E-state index in [1.165, 1.54) is 4.90 Å².